The average Bonchev–Trinajstić information content (AvgIpc) is 2.63. The summed E-state index contributed by atoms with van der Waals surface area (Å²) in [6, 6.07) is 11.3. The number of aliphatic hydroxyl groups is 1. The van der Waals surface area contributed by atoms with Crippen molar-refractivity contribution >= 4 is 35.6 Å². The third-order valence-electron chi connectivity index (χ3n) is 4.01. The van der Waals surface area contributed by atoms with Crippen molar-refractivity contribution in [3.8, 4) is 11.5 Å². The van der Waals surface area contributed by atoms with E-state index in [0.717, 1.165) is 17.5 Å². The van der Waals surface area contributed by atoms with Gasteiger partial charge in [0, 0.05) is 23.2 Å². The Morgan fingerprint density at radius 3 is 2.44 bits per heavy atom. The molecule has 150 valence electrons. The zero-order valence-electron chi connectivity index (χ0n) is 15.5. The van der Waals surface area contributed by atoms with Gasteiger partial charge >= 0.3 is 0 Å². The van der Waals surface area contributed by atoms with E-state index in [1.807, 2.05) is 50.2 Å². The van der Waals surface area contributed by atoms with Crippen molar-refractivity contribution in [2.45, 2.75) is 39.5 Å². The van der Waals surface area contributed by atoms with E-state index >= 15 is 0 Å². The Kier molecular flexibility index (Phi) is 10.9. The number of ether oxygens (including phenoxy) is 2. The Morgan fingerprint density at radius 2 is 1.81 bits per heavy atom. The first-order chi connectivity index (χ1) is 12.6. The van der Waals surface area contributed by atoms with E-state index in [4.69, 9.17) is 32.7 Å². The van der Waals surface area contributed by atoms with E-state index in [1.165, 1.54) is 0 Å². The van der Waals surface area contributed by atoms with Crippen LogP contribution in [0.3, 0.4) is 0 Å². The summed E-state index contributed by atoms with van der Waals surface area (Å²) in [7, 11) is 0. The lowest BCUT2D eigenvalue weighted by molar-refractivity contribution is 0.238. The van der Waals surface area contributed by atoms with Gasteiger partial charge in [0.2, 0.25) is 0 Å². The fraction of sp³-hybridized carbons (Fsp3) is 0.400. The van der Waals surface area contributed by atoms with Crippen molar-refractivity contribution in [3.63, 3.8) is 0 Å². The van der Waals surface area contributed by atoms with Gasteiger partial charge in [-0.05, 0) is 37.1 Å². The van der Waals surface area contributed by atoms with Gasteiger partial charge in [0.1, 0.15) is 6.61 Å². The van der Waals surface area contributed by atoms with Crippen LogP contribution >= 0.6 is 35.6 Å². The van der Waals surface area contributed by atoms with Gasteiger partial charge in [0.05, 0.1) is 18.2 Å². The maximum atomic E-state index is 9.30. The van der Waals surface area contributed by atoms with E-state index in [2.05, 4.69) is 5.32 Å². The third-order valence-corrected chi connectivity index (χ3v) is 4.66. The number of aliphatic hydroxyl groups excluding tert-OH is 1. The minimum Gasteiger partial charge on any atom is -0.490 e. The molecule has 2 aromatic carbocycles. The Balaban J connectivity index is 0.00000364. The van der Waals surface area contributed by atoms with Crippen LogP contribution < -0.4 is 14.8 Å². The molecule has 0 spiro atoms. The molecule has 0 fully saturated rings. The second kappa shape index (κ2) is 12.3. The van der Waals surface area contributed by atoms with Crippen molar-refractivity contribution in [2.24, 2.45) is 0 Å². The van der Waals surface area contributed by atoms with Crippen LogP contribution in [0.5, 0.6) is 11.5 Å². The summed E-state index contributed by atoms with van der Waals surface area (Å²) in [6.45, 7) is 5.43. The summed E-state index contributed by atoms with van der Waals surface area (Å²) in [5.41, 5.74) is 1.85. The van der Waals surface area contributed by atoms with Crippen LogP contribution in [0, 0.1) is 0 Å². The van der Waals surface area contributed by atoms with E-state index in [0.29, 0.717) is 41.3 Å². The van der Waals surface area contributed by atoms with Gasteiger partial charge in [-0.25, -0.2) is 0 Å². The van der Waals surface area contributed by atoms with Crippen LogP contribution in [0.1, 0.15) is 31.4 Å². The molecule has 0 radical (unpaired) electrons. The lowest BCUT2D eigenvalue weighted by Crippen LogP contribution is -2.31. The molecule has 1 unspecified atom stereocenters. The lowest BCUT2D eigenvalue weighted by atomic mass is 10.1. The highest BCUT2D eigenvalue weighted by molar-refractivity contribution is 6.32. The fourth-order valence-electron chi connectivity index (χ4n) is 2.49. The van der Waals surface area contributed by atoms with Crippen LogP contribution in [0.15, 0.2) is 36.4 Å². The van der Waals surface area contributed by atoms with E-state index in [-0.39, 0.29) is 25.1 Å². The van der Waals surface area contributed by atoms with Crippen LogP contribution in [0.2, 0.25) is 10.0 Å². The molecule has 0 heterocycles. The topological polar surface area (TPSA) is 50.7 Å². The maximum absolute atomic E-state index is 9.30. The predicted octanol–water partition coefficient (Wildman–Crippen LogP) is 5.25. The normalized spacial score (nSPS) is 11.6. The van der Waals surface area contributed by atoms with Crippen molar-refractivity contribution in [1.29, 1.82) is 0 Å². The Labute approximate surface area is 177 Å². The molecule has 2 rings (SSSR count). The molecule has 2 aromatic rings. The van der Waals surface area contributed by atoms with Crippen LogP contribution in [0.25, 0.3) is 0 Å². The van der Waals surface area contributed by atoms with Crippen LogP contribution in [-0.2, 0) is 13.2 Å². The average molecular weight is 435 g/mol. The quantitative estimate of drug-likeness (QED) is 0.536. The van der Waals surface area contributed by atoms with Crippen molar-refractivity contribution < 1.29 is 14.6 Å². The van der Waals surface area contributed by atoms with Crippen molar-refractivity contribution in [3.05, 3.63) is 57.6 Å². The summed E-state index contributed by atoms with van der Waals surface area (Å²) >= 11 is 12.6. The Hall–Kier alpha value is -1.17. The molecule has 0 aliphatic heterocycles. The number of benzene rings is 2. The molecule has 7 heteroatoms. The molecule has 2 N–H and O–H groups in total. The summed E-state index contributed by atoms with van der Waals surface area (Å²) in [5.74, 6) is 1.10. The number of hydrogen-bond donors (Lipinski definition) is 2. The van der Waals surface area contributed by atoms with Gasteiger partial charge in [-0.3, -0.25) is 0 Å². The van der Waals surface area contributed by atoms with Gasteiger partial charge < -0.3 is 19.9 Å². The highest BCUT2D eigenvalue weighted by Gasteiger charge is 2.14. The molecule has 1 atom stereocenters. The Morgan fingerprint density at radius 1 is 1.07 bits per heavy atom. The minimum absolute atomic E-state index is 0. The SMILES string of the molecule is CCOc1cc(CNC(CC)CO)cc(Cl)c1OCc1ccccc1Cl.Cl. The van der Waals surface area contributed by atoms with Crippen LogP contribution in [-0.4, -0.2) is 24.4 Å². The van der Waals surface area contributed by atoms with Gasteiger partial charge in [-0.1, -0.05) is 48.3 Å². The number of hydrogen-bond acceptors (Lipinski definition) is 4. The molecule has 0 amide bonds. The van der Waals surface area contributed by atoms with Gasteiger partial charge in [0.15, 0.2) is 11.5 Å². The predicted molar refractivity (Wildman–Crippen MR) is 114 cm³/mol. The van der Waals surface area contributed by atoms with E-state index in [9.17, 15) is 5.11 Å². The van der Waals surface area contributed by atoms with Gasteiger partial charge in [-0.2, -0.15) is 0 Å². The summed E-state index contributed by atoms with van der Waals surface area (Å²) in [4.78, 5) is 0. The van der Waals surface area contributed by atoms with Crippen molar-refractivity contribution in [1.82, 2.24) is 5.32 Å². The molecule has 27 heavy (non-hydrogen) atoms. The third kappa shape index (κ3) is 7.05. The highest BCUT2D eigenvalue weighted by Crippen LogP contribution is 2.37. The largest absolute Gasteiger partial charge is 0.490 e. The molecule has 0 aliphatic carbocycles. The van der Waals surface area contributed by atoms with Crippen LogP contribution in [0.4, 0.5) is 0 Å². The van der Waals surface area contributed by atoms with Crippen molar-refractivity contribution in [2.75, 3.05) is 13.2 Å². The standard InChI is InChI=1S/C20H25Cl2NO3.ClH/c1-3-16(12-24)23-11-14-9-18(22)20(19(10-14)25-4-2)26-13-15-7-5-6-8-17(15)21;/h5-10,16,23-24H,3-4,11-13H2,1-2H3;1H. The monoisotopic (exact) mass is 433 g/mol. The summed E-state index contributed by atoms with van der Waals surface area (Å²) in [6.07, 6.45) is 0.849. The van der Waals surface area contributed by atoms with Gasteiger partial charge in [0.25, 0.3) is 0 Å². The first kappa shape index (κ1) is 23.9. The van der Waals surface area contributed by atoms with Gasteiger partial charge in [-0.15, -0.1) is 12.4 Å². The minimum atomic E-state index is 0. The number of rotatable bonds is 10. The molecule has 0 aromatic heterocycles. The zero-order valence-corrected chi connectivity index (χ0v) is 17.8. The molecule has 0 saturated heterocycles. The molecule has 4 nitrogen and oxygen atoms in total. The highest BCUT2D eigenvalue weighted by atomic mass is 35.5. The summed E-state index contributed by atoms with van der Waals surface area (Å²) in [5, 5.41) is 13.7. The summed E-state index contributed by atoms with van der Waals surface area (Å²) < 4.78 is 11.6. The first-order valence-electron chi connectivity index (χ1n) is 8.74. The van der Waals surface area contributed by atoms with E-state index < -0.39 is 0 Å². The smallest absolute Gasteiger partial charge is 0.180 e. The molecular formula is C20H26Cl3NO3. The molecule has 0 bridgehead atoms. The second-order valence-corrected chi connectivity index (χ2v) is 6.70. The maximum Gasteiger partial charge on any atom is 0.180 e. The first-order valence-corrected chi connectivity index (χ1v) is 9.50. The lowest BCUT2D eigenvalue weighted by Gasteiger charge is -2.18. The number of nitrogens with one attached hydrogen (secondary N) is 1. The molecule has 0 aliphatic rings. The number of halogens is 3. The van der Waals surface area contributed by atoms with E-state index in [1.54, 1.807) is 0 Å². The Bertz CT molecular complexity index is 709. The molecule has 0 saturated carbocycles. The second-order valence-electron chi connectivity index (χ2n) is 5.89. The molecular weight excluding hydrogens is 409 g/mol. The zero-order chi connectivity index (χ0) is 18.9. The fourth-order valence-corrected chi connectivity index (χ4v) is 2.97.